The molecule has 2 saturated heterocycles. The minimum atomic E-state index is -1.42. The van der Waals surface area contributed by atoms with Gasteiger partial charge < -0.3 is 10.1 Å². The van der Waals surface area contributed by atoms with Gasteiger partial charge in [0.25, 0.3) is 11.9 Å². The second-order valence-electron chi connectivity index (χ2n) is 9.80. The molecule has 0 bridgehead atoms. The third-order valence-electron chi connectivity index (χ3n) is 8.01. The number of halogens is 2. The van der Waals surface area contributed by atoms with Crippen molar-refractivity contribution in [2.45, 2.75) is 43.0 Å². The highest BCUT2D eigenvalue weighted by molar-refractivity contribution is 6.37. The van der Waals surface area contributed by atoms with Gasteiger partial charge in [-0.1, -0.05) is 59.6 Å². The molecule has 192 valence electrons. The number of nitro groups is 1. The van der Waals surface area contributed by atoms with Crippen LogP contribution in [0.2, 0.25) is 10.0 Å². The standard InChI is InChI=1S/C28H22Cl2N4O4/c29-20-12-18(13-21(30)25(20)38-15-17-7-2-1-6-16(17)14-31)24-23-10-5-11-33(23)28(26(24)34(36)37)19-8-3-4-9-22(19)32-27(28)35/h1-4,6-9,12-13,23-24,26H,5,10-11,15H2,(H,32,35)/t23-,24+,26-,28+/m0/s1. The van der Waals surface area contributed by atoms with E-state index in [2.05, 4.69) is 11.4 Å². The molecule has 6 rings (SSSR count). The highest BCUT2D eigenvalue weighted by atomic mass is 35.5. The molecule has 3 aliphatic heterocycles. The van der Waals surface area contributed by atoms with Crippen molar-refractivity contribution in [1.82, 2.24) is 4.90 Å². The Labute approximate surface area is 228 Å². The molecule has 1 N–H and O–H groups in total. The van der Waals surface area contributed by atoms with Crippen molar-refractivity contribution < 1.29 is 14.5 Å². The lowest BCUT2D eigenvalue weighted by Gasteiger charge is -2.32. The molecule has 3 aromatic rings. The van der Waals surface area contributed by atoms with E-state index in [-0.39, 0.29) is 39.3 Å². The Hall–Kier alpha value is -3.64. The van der Waals surface area contributed by atoms with Crippen molar-refractivity contribution in [3.8, 4) is 11.8 Å². The van der Waals surface area contributed by atoms with Gasteiger partial charge in [0.1, 0.15) is 6.61 Å². The van der Waals surface area contributed by atoms with E-state index < -0.39 is 17.5 Å². The SMILES string of the molecule is N#Cc1ccccc1COc1c(Cl)cc([C@H]2[C@H]([N+](=O)[O-])[C@]3(C(=O)Nc4ccccc43)N3CCC[C@@H]23)cc1Cl. The van der Waals surface area contributed by atoms with E-state index in [0.717, 1.165) is 6.42 Å². The number of rotatable bonds is 5. The van der Waals surface area contributed by atoms with E-state index in [4.69, 9.17) is 27.9 Å². The van der Waals surface area contributed by atoms with Crippen molar-refractivity contribution in [1.29, 1.82) is 5.26 Å². The van der Waals surface area contributed by atoms with Gasteiger partial charge in [0.2, 0.25) is 0 Å². The Balaban J connectivity index is 1.41. The number of anilines is 1. The number of hydrogen-bond acceptors (Lipinski definition) is 6. The highest BCUT2D eigenvalue weighted by Gasteiger charge is 2.73. The maximum absolute atomic E-state index is 13.6. The molecule has 10 heteroatoms. The summed E-state index contributed by atoms with van der Waals surface area (Å²) in [5.41, 5.74) is 1.59. The van der Waals surface area contributed by atoms with E-state index in [1.165, 1.54) is 0 Å². The van der Waals surface area contributed by atoms with E-state index >= 15 is 0 Å². The van der Waals surface area contributed by atoms with E-state index in [1.54, 1.807) is 54.6 Å². The van der Waals surface area contributed by atoms with Crippen LogP contribution in [0.1, 0.15) is 41.0 Å². The van der Waals surface area contributed by atoms with Gasteiger partial charge in [-0.2, -0.15) is 5.26 Å². The summed E-state index contributed by atoms with van der Waals surface area (Å²) in [6, 6.07) is 18.2. The number of nitriles is 1. The van der Waals surface area contributed by atoms with Gasteiger partial charge >= 0.3 is 0 Å². The van der Waals surface area contributed by atoms with Crippen molar-refractivity contribution in [3.05, 3.63) is 103 Å². The zero-order chi connectivity index (χ0) is 26.6. The summed E-state index contributed by atoms with van der Waals surface area (Å²) < 4.78 is 5.91. The number of carbonyl (C=O) groups excluding carboxylic acids is 1. The quantitative estimate of drug-likeness (QED) is 0.333. The Morgan fingerprint density at radius 2 is 1.87 bits per heavy atom. The summed E-state index contributed by atoms with van der Waals surface area (Å²) in [4.78, 5) is 28.1. The van der Waals surface area contributed by atoms with Crippen LogP contribution in [-0.4, -0.2) is 34.4 Å². The molecule has 38 heavy (non-hydrogen) atoms. The number of hydrogen-bond donors (Lipinski definition) is 1. The van der Waals surface area contributed by atoms with Crippen LogP contribution < -0.4 is 10.1 Å². The van der Waals surface area contributed by atoms with Crippen molar-refractivity contribution in [3.63, 3.8) is 0 Å². The van der Waals surface area contributed by atoms with Crippen molar-refractivity contribution in [2.75, 3.05) is 11.9 Å². The average molecular weight is 549 g/mol. The maximum atomic E-state index is 13.6. The Kier molecular flexibility index (Phi) is 6.03. The molecule has 2 fully saturated rings. The maximum Gasteiger partial charge on any atom is 0.256 e. The third-order valence-corrected chi connectivity index (χ3v) is 8.57. The molecule has 1 amide bonds. The predicted octanol–water partition coefficient (Wildman–Crippen LogP) is 5.50. The number of para-hydroxylation sites is 1. The number of benzene rings is 3. The first-order valence-corrected chi connectivity index (χ1v) is 13.0. The van der Waals surface area contributed by atoms with Gasteiger partial charge in [-0.3, -0.25) is 19.8 Å². The molecule has 3 heterocycles. The first-order valence-electron chi connectivity index (χ1n) is 12.3. The summed E-state index contributed by atoms with van der Waals surface area (Å²) in [6.07, 6.45) is 1.54. The van der Waals surface area contributed by atoms with Gasteiger partial charge in [-0.15, -0.1) is 0 Å². The van der Waals surface area contributed by atoms with Gasteiger partial charge in [0, 0.05) is 34.3 Å². The van der Waals surface area contributed by atoms with Crippen LogP contribution in [0.15, 0.2) is 60.7 Å². The number of amides is 1. The average Bonchev–Trinajstić information content (AvgIpc) is 3.56. The van der Waals surface area contributed by atoms with Crippen LogP contribution in [0.4, 0.5) is 5.69 Å². The second kappa shape index (κ2) is 9.28. The molecule has 0 unspecified atom stereocenters. The topological polar surface area (TPSA) is 108 Å². The first kappa shape index (κ1) is 24.7. The van der Waals surface area contributed by atoms with Gasteiger partial charge in [0.15, 0.2) is 11.3 Å². The predicted molar refractivity (Wildman–Crippen MR) is 142 cm³/mol. The monoisotopic (exact) mass is 548 g/mol. The van der Waals surface area contributed by atoms with E-state index in [9.17, 15) is 20.2 Å². The van der Waals surface area contributed by atoms with E-state index in [0.29, 0.717) is 40.9 Å². The lowest BCUT2D eigenvalue weighted by atomic mass is 9.77. The Bertz CT molecular complexity index is 1500. The molecular weight excluding hydrogens is 527 g/mol. The highest BCUT2D eigenvalue weighted by Crippen LogP contribution is 2.58. The van der Waals surface area contributed by atoms with Gasteiger partial charge in [-0.25, -0.2) is 0 Å². The summed E-state index contributed by atoms with van der Waals surface area (Å²) in [6.45, 7) is 0.661. The van der Waals surface area contributed by atoms with Gasteiger partial charge in [-0.05, 0) is 42.7 Å². The Morgan fingerprint density at radius 1 is 1.16 bits per heavy atom. The number of nitrogens with one attached hydrogen (secondary N) is 1. The van der Waals surface area contributed by atoms with Crippen molar-refractivity contribution >= 4 is 34.8 Å². The lowest BCUT2D eigenvalue weighted by molar-refractivity contribution is -0.534. The normalized spacial score (nSPS) is 25.6. The first-order chi connectivity index (χ1) is 18.4. The Morgan fingerprint density at radius 3 is 2.61 bits per heavy atom. The molecule has 0 aliphatic carbocycles. The minimum absolute atomic E-state index is 0.0833. The van der Waals surface area contributed by atoms with Crippen LogP contribution in [-0.2, 0) is 16.9 Å². The largest absolute Gasteiger partial charge is 0.486 e. The summed E-state index contributed by atoms with van der Waals surface area (Å²) >= 11 is 13.3. The number of ether oxygens (including phenoxy) is 1. The molecule has 0 radical (unpaired) electrons. The van der Waals surface area contributed by atoms with Crippen LogP contribution in [0.3, 0.4) is 0 Å². The molecule has 0 saturated carbocycles. The van der Waals surface area contributed by atoms with Crippen molar-refractivity contribution in [2.24, 2.45) is 0 Å². The fraction of sp³-hybridized carbons (Fsp3) is 0.286. The molecule has 4 atom stereocenters. The number of carbonyl (C=O) groups is 1. The fourth-order valence-corrected chi connectivity index (χ4v) is 7.20. The fourth-order valence-electron chi connectivity index (χ4n) is 6.59. The van der Waals surface area contributed by atoms with Crippen LogP contribution in [0.25, 0.3) is 0 Å². The summed E-state index contributed by atoms with van der Waals surface area (Å²) in [5.74, 6) is -0.752. The summed E-state index contributed by atoms with van der Waals surface area (Å²) in [7, 11) is 0. The zero-order valence-electron chi connectivity index (χ0n) is 20.1. The molecule has 3 aliphatic rings. The molecule has 8 nitrogen and oxygen atoms in total. The second-order valence-corrected chi connectivity index (χ2v) is 10.6. The molecule has 1 spiro atoms. The van der Waals surface area contributed by atoms with Crippen LogP contribution in [0.5, 0.6) is 5.75 Å². The molecule has 0 aromatic heterocycles. The number of nitrogens with zero attached hydrogens (tertiary/aromatic N) is 3. The smallest absolute Gasteiger partial charge is 0.256 e. The minimum Gasteiger partial charge on any atom is -0.486 e. The lowest BCUT2D eigenvalue weighted by Crippen LogP contribution is -2.55. The summed E-state index contributed by atoms with van der Waals surface area (Å²) in [5, 5.41) is 25.4. The van der Waals surface area contributed by atoms with Crippen LogP contribution >= 0.6 is 23.2 Å². The van der Waals surface area contributed by atoms with E-state index in [1.807, 2.05) is 11.0 Å². The van der Waals surface area contributed by atoms with Crippen LogP contribution in [0, 0.1) is 21.4 Å². The molecular formula is C28H22Cl2N4O4. The third kappa shape index (κ3) is 3.50. The molecule has 3 aromatic carbocycles. The number of fused-ring (bicyclic) bond motifs is 4. The zero-order valence-corrected chi connectivity index (χ0v) is 21.6. The van der Waals surface area contributed by atoms with Gasteiger partial charge in [0.05, 0.1) is 27.6 Å².